The smallest absolute Gasteiger partial charge is 0.207 e. The highest BCUT2D eigenvalue weighted by Crippen LogP contribution is 2.29. The topological polar surface area (TPSA) is 37.4 Å². The van der Waals surface area contributed by atoms with E-state index in [1.165, 1.54) is 4.31 Å². The van der Waals surface area contributed by atoms with Crippen molar-refractivity contribution in [2.24, 2.45) is 0 Å². The van der Waals surface area contributed by atoms with Crippen LogP contribution in [-0.2, 0) is 15.4 Å². The van der Waals surface area contributed by atoms with E-state index < -0.39 is 10.0 Å². The van der Waals surface area contributed by atoms with E-state index in [1.807, 2.05) is 26.0 Å². The zero-order valence-corrected chi connectivity index (χ0v) is 13.1. The van der Waals surface area contributed by atoms with Crippen molar-refractivity contribution in [3.63, 3.8) is 0 Å². The normalized spacial score (nSPS) is 13.1. The van der Waals surface area contributed by atoms with Crippen LogP contribution in [-0.4, -0.2) is 26.8 Å². The maximum absolute atomic E-state index is 12.3. The van der Waals surface area contributed by atoms with E-state index in [-0.39, 0.29) is 5.41 Å². The predicted molar refractivity (Wildman–Crippen MR) is 75.5 cm³/mol. The number of benzene rings is 1. The molecular weight excluding hydrogens is 246 g/mol. The van der Waals surface area contributed by atoms with Crippen molar-refractivity contribution in [2.75, 3.05) is 14.1 Å². The lowest BCUT2D eigenvalue weighted by molar-refractivity contribution is 0.519. The summed E-state index contributed by atoms with van der Waals surface area (Å²) in [5.41, 5.74) is 2.81. The van der Waals surface area contributed by atoms with Crippen molar-refractivity contribution < 1.29 is 8.42 Å². The van der Waals surface area contributed by atoms with Crippen molar-refractivity contribution in [3.8, 4) is 0 Å². The predicted octanol–water partition coefficient (Wildman–Crippen LogP) is 2.85. The van der Waals surface area contributed by atoms with Gasteiger partial charge in [0.1, 0.15) is 0 Å². The molecule has 1 aromatic rings. The molecule has 0 spiro atoms. The Morgan fingerprint density at radius 3 is 1.67 bits per heavy atom. The first kappa shape index (κ1) is 15.2. The molecule has 3 nitrogen and oxygen atoms in total. The SMILES string of the molecule is Cc1cc(C(C)(C)C)cc(C)c1S(=O)(=O)N(C)C. The summed E-state index contributed by atoms with van der Waals surface area (Å²) in [6, 6.07) is 3.95. The first-order valence-corrected chi connectivity index (χ1v) is 7.46. The van der Waals surface area contributed by atoms with Gasteiger partial charge in [0.15, 0.2) is 0 Å². The number of hydrogen-bond donors (Lipinski definition) is 0. The fraction of sp³-hybridized carbons (Fsp3) is 0.571. The van der Waals surface area contributed by atoms with Gasteiger partial charge < -0.3 is 0 Å². The molecule has 0 saturated heterocycles. The van der Waals surface area contributed by atoms with Crippen LogP contribution in [0.2, 0.25) is 0 Å². The molecule has 18 heavy (non-hydrogen) atoms. The number of rotatable bonds is 2. The molecule has 0 radical (unpaired) electrons. The first-order chi connectivity index (χ1) is 7.98. The highest BCUT2D eigenvalue weighted by molar-refractivity contribution is 7.89. The summed E-state index contributed by atoms with van der Waals surface area (Å²) in [5.74, 6) is 0. The number of sulfonamides is 1. The second kappa shape index (κ2) is 4.67. The van der Waals surface area contributed by atoms with Gasteiger partial charge in [-0.2, -0.15) is 0 Å². The molecular formula is C14H23NO2S. The Kier molecular flexibility index (Phi) is 3.94. The molecule has 0 aliphatic rings. The van der Waals surface area contributed by atoms with E-state index in [1.54, 1.807) is 14.1 Å². The molecule has 0 bridgehead atoms. The highest BCUT2D eigenvalue weighted by atomic mass is 32.2. The van der Waals surface area contributed by atoms with E-state index >= 15 is 0 Å². The van der Waals surface area contributed by atoms with Crippen LogP contribution in [0.25, 0.3) is 0 Å². The van der Waals surface area contributed by atoms with E-state index in [4.69, 9.17) is 0 Å². The van der Waals surface area contributed by atoms with Gasteiger partial charge in [-0.1, -0.05) is 32.9 Å². The van der Waals surface area contributed by atoms with E-state index in [0.29, 0.717) is 4.90 Å². The second-order valence-corrected chi connectivity index (χ2v) is 8.07. The maximum Gasteiger partial charge on any atom is 0.243 e. The summed E-state index contributed by atoms with van der Waals surface area (Å²) in [6.07, 6.45) is 0. The monoisotopic (exact) mass is 269 g/mol. The molecule has 1 rings (SSSR count). The molecule has 0 fully saturated rings. The largest absolute Gasteiger partial charge is 0.243 e. The van der Waals surface area contributed by atoms with Crippen molar-refractivity contribution in [2.45, 2.75) is 44.9 Å². The summed E-state index contributed by atoms with van der Waals surface area (Å²) < 4.78 is 25.8. The highest BCUT2D eigenvalue weighted by Gasteiger charge is 2.24. The Hall–Kier alpha value is -0.870. The van der Waals surface area contributed by atoms with Gasteiger partial charge in [0.2, 0.25) is 10.0 Å². The molecule has 0 unspecified atom stereocenters. The summed E-state index contributed by atoms with van der Waals surface area (Å²) in [7, 11) is -0.244. The van der Waals surface area contributed by atoms with Crippen LogP contribution < -0.4 is 0 Å². The van der Waals surface area contributed by atoms with Crippen LogP contribution >= 0.6 is 0 Å². The molecule has 0 aliphatic carbocycles. The van der Waals surface area contributed by atoms with Crippen LogP contribution in [0.5, 0.6) is 0 Å². The Balaban J connectivity index is 3.54. The van der Waals surface area contributed by atoms with Crippen molar-refractivity contribution in [1.29, 1.82) is 0 Å². The van der Waals surface area contributed by atoms with E-state index in [0.717, 1.165) is 16.7 Å². The van der Waals surface area contributed by atoms with Gasteiger partial charge in [0.25, 0.3) is 0 Å². The maximum atomic E-state index is 12.3. The zero-order valence-electron chi connectivity index (χ0n) is 12.3. The molecule has 0 aliphatic heterocycles. The molecule has 0 aromatic heterocycles. The number of hydrogen-bond acceptors (Lipinski definition) is 2. The summed E-state index contributed by atoms with van der Waals surface area (Å²) in [4.78, 5) is 0.431. The van der Waals surface area contributed by atoms with Crippen LogP contribution in [0, 0.1) is 13.8 Å². The minimum atomic E-state index is -3.37. The summed E-state index contributed by atoms with van der Waals surface area (Å²) in [6.45, 7) is 10.1. The summed E-state index contributed by atoms with van der Waals surface area (Å²) >= 11 is 0. The third-order valence-corrected chi connectivity index (χ3v) is 5.19. The zero-order chi connectivity index (χ0) is 14.3. The van der Waals surface area contributed by atoms with Crippen molar-refractivity contribution >= 4 is 10.0 Å². The van der Waals surface area contributed by atoms with Gasteiger partial charge in [0.05, 0.1) is 4.90 Å². The lowest BCUT2D eigenvalue weighted by Crippen LogP contribution is -2.24. The fourth-order valence-electron chi connectivity index (χ4n) is 1.97. The number of nitrogens with zero attached hydrogens (tertiary/aromatic N) is 1. The third kappa shape index (κ3) is 2.75. The Bertz CT molecular complexity index is 529. The van der Waals surface area contributed by atoms with E-state index in [9.17, 15) is 8.42 Å². The van der Waals surface area contributed by atoms with Crippen LogP contribution in [0.15, 0.2) is 17.0 Å². The van der Waals surface area contributed by atoms with E-state index in [2.05, 4.69) is 20.8 Å². The fourth-order valence-corrected chi connectivity index (χ4v) is 3.27. The van der Waals surface area contributed by atoms with Crippen molar-refractivity contribution in [3.05, 3.63) is 28.8 Å². The third-order valence-electron chi connectivity index (χ3n) is 3.07. The second-order valence-electron chi connectivity index (χ2n) is 5.98. The minimum absolute atomic E-state index is 0.0237. The molecule has 102 valence electrons. The minimum Gasteiger partial charge on any atom is -0.207 e. The quantitative estimate of drug-likeness (QED) is 0.828. The molecule has 0 amide bonds. The molecule has 0 N–H and O–H groups in total. The summed E-state index contributed by atoms with van der Waals surface area (Å²) in [5, 5.41) is 0. The molecule has 1 aromatic carbocycles. The molecule has 4 heteroatoms. The Morgan fingerprint density at radius 1 is 1.00 bits per heavy atom. The molecule has 0 saturated carbocycles. The molecule has 0 atom stereocenters. The van der Waals surface area contributed by atoms with Crippen LogP contribution in [0.1, 0.15) is 37.5 Å². The average Bonchev–Trinajstić information content (AvgIpc) is 2.13. The van der Waals surface area contributed by atoms with Gasteiger partial charge in [-0.25, -0.2) is 12.7 Å². The lowest BCUT2D eigenvalue weighted by atomic mass is 9.85. The van der Waals surface area contributed by atoms with Gasteiger partial charge in [-0.3, -0.25) is 0 Å². The standard InChI is InChI=1S/C14H23NO2S/c1-10-8-12(14(3,4)5)9-11(2)13(10)18(16,17)15(6)7/h8-9H,1-7H3. The Morgan fingerprint density at radius 2 is 1.39 bits per heavy atom. The van der Waals surface area contributed by atoms with Gasteiger partial charge in [0, 0.05) is 14.1 Å². The van der Waals surface area contributed by atoms with Gasteiger partial charge in [-0.05, 0) is 36.0 Å². The van der Waals surface area contributed by atoms with Crippen LogP contribution in [0.3, 0.4) is 0 Å². The van der Waals surface area contributed by atoms with Crippen molar-refractivity contribution in [1.82, 2.24) is 4.31 Å². The van der Waals surface area contributed by atoms with Crippen LogP contribution in [0.4, 0.5) is 0 Å². The van der Waals surface area contributed by atoms with Gasteiger partial charge in [-0.15, -0.1) is 0 Å². The lowest BCUT2D eigenvalue weighted by Gasteiger charge is -2.23. The Labute approximate surface area is 111 Å². The number of aryl methyl sites for hydroxylation is 2. The molecule has 0 heterocycles. The first-order valence-electron chi connectivity index (χ1n) is 6.02. The average molecular weight is 269 g/mol. The van der Waals surface area contributed by atoms with Gasteiger partial charge >= 0.3 is 0 Å².